The molecule has 0 radical (unpaired) electrons. The first-order valence-electron chi connectivity index (χ1n) is 12.7. The van der Waals surface area contributed by atoms with Crippen LogP contribution in [0.15, 0.2) is 72.8 Å². The quantitative estimate of drug-likeness (QED) is 0.397. The number of nitrogens with zero attached hydrogens (tertiary/aromatic N) is 4. The summed E-state index contributed by atoms with van der Waals surface area (Å²) in [6, 6.07) is 21.2. The van der Waals surface area contributed by atoms with Gasteiger partial charge in [0.2, 0.25) is 0 Å². The summed E-state index contributed by atoms with van der Waals surface area (Å²) >= 11 is 0. The Labute approximate surface area is 222 Å². The number of imide groups is 1. The zero-order chi connectivity index (χ0) is 26.5. The minimum atomic E-state index is -0.419. The second kappa shape index (κ2) is 11.5. The van der Waals surface area contributed by atoms with Gasteiger partial charge in [0.1, 0.15) is 24.7 Å². The van der Waals surface area contributed by atoms with Crippen molar-refractivity contribution < 1.29 is 23.8 Å². The first-order chi connectivity index (χ1) is 18.5. The summed E-state index contributed by atoms with van der Waals surface area (Å²) in [6.45, 7) is 5.49. The Morgan fingerprint density at radius 3 is 2.18 bits per heavy atom. The molecule has 0 aromatic heterocycles. The predicted octanol–water partition coefficient (Wildman–Crippen LogP) is 4.09. The number of hydrogen-bond donors (Lipinski definition) is 0. The van der Waals surface area contributed by atoms with Gasteiger partial charge < -0.3 is 19.1 Å². The van der Waals surface area contributed by atoms with E-state index in [4.69, 9.17) is 14.2 Å². The number of piperazine rings is 1. The van der Waals surface area contributed by atoms with Crippen LogP contribution in [0.3, 0.4) is 0 Å². The fourth-order valence-corrected chi connectivity index (χ4v) is 4.54. The number of rotatable bonds is 9. The zero-order valence-electron chi connectivity index (χ0n) is 21.7. The molecule has 0 bridgehead atoms. The minimum absolute atomic E-state index is 0.0616. The minimum Gasteiger partial charge on any atom is -0.493 e. The summed E-state index contributed by atoms with van der Waals surface area (Å²) in [6.07, 6.45) is 0. The van der Waals surface area contributed by atoms with Crippen LogP contribution >= 0.6 is 0 Å². The van der Waals surface area contributed by atoms with Crippen LogP contribution in [0.5, 0.6) is 23.0 Å². The summed E-state index contributed by atoms with van der Waals surface area (Å²) in [5.74, 6) is 2.14. The average molecular weight is 517 g/mol. The third-order valence-corrected chi connectivity index (χ3v) is 6.76. The number of hydrogen-bond acceptors (Lipinski definition) is 7. The lowest BCUT2D eigenvalue weighted by Crippen LogP contribution is -2.45. The van der Waals surface area contributed by atoms with Gasteiger partial charge in [-0.2, -0.15) is 0 Å². The van der Waals surface area contributed by atoms with E-state index in [-0.39, 0.29) is 12.5 Å². The average Bonchev–Trinajstić information content (AvgIpc) is 3.24. The highest BCUT2D eigenvalue weighted by atomic mass is 16.5. The van der Waals surface area contributed by atoms with Gasteiger partial charge in [0.25, 0.3) is 5.91 Å². The normalized spacial score (nSPS) is 16.7. The largest absolute Gasteiger partial charge is 0.493 e. The Balaban J connectivity index is 1.23. The molecule has 2 aliphatic rings. The van der Waals surface area contributed by atoms with E-state index in [9.17, 15) is 9.59 Å². The number of benzene rings is 3. The van der Waals surface area contributed by atoms with Gasteiger partial charge in [-0.15, -0.1) is 0 Å². The first kappa shape index (κ1) is 25.6. The molecule has 2 fully saturated rings. The summed E-state index contributed by atoms with van der Waals surface area (Å²) in [5.41, 5.74) is 1.05. The Kier molecular flexibility index (Phi) is 7.76. The third kappa shape index (κ3) is 5.74. The van der Waals surface area contributed by atoms with Crippen molar-refractivity contribution >= 4 is 23.3 Å². The molecule has 0 aliphatic carbocycles. The van der Waals surface area contributed by atoms with Crippen molar-refractivity contribution in [3.63, 3.8) is 0 Å². The fourth-order valence-electron chi connectivity index (χ4n) is 4.54. The second-order valence-electron chi connectivity index (χ2n) is 9.34. The highest BCUT2D eigenvalue weighted by Crippen LogP contribution is 2.35. The number of carbonyl (C=O) groups excluding carboxylic acids is 2. The van der Waals surface area contributed by atoms with E-state index in [1.54, 1.807) is 49.6 Å². The number of urea groups is 1. The van der Waals surface area contributed by atoms with Crippen LogP contribution in [0.25, 0.3) is 0 Å². The van der Waals surface area contributed by atoms with Gasteiger partial charge in [-0.3, -0.25) is 14.6 Å². The fraction of sp³-hybridized carbons (Fsp3) is 0.310. The number of anilines is 2. The van der Waals surface area contributed by atoms with E-state index in [1.165, 1.54) is 9.80 Å². The molecular weight excluding hydrogens is 484 g/mol. The molecule has 9 heteroatoms. The van der Waals surface area contributed by atoms with Crippen molar-refractivity contribution in [2.24, 2.45) is 0 Å². The maximum atomic E-state index is 13.3. The zero-order valence-corrected chi connectivity index (χ0v) is 21.7. The summed E-state index contributed by atoms with van der Waals surface area (Å²) in [7, 11) is 3.70. The van der Waals surface area contributed by atoms with Gasteiger partial charge in [0, 0.05) is 44.5 Å². The lowest BCUT2D eigenvalue weighted by atomic mass is 10.2. The van der Waals surface area contributed by atoms with Crippen molar-refractivity contribution in [1.29, 1.82) is 0 Å². The monoisotopic (exact) mass is 516 g/mol. The standard InChI is InChI=1S/C29H32N4O5/c1-30-14-16-31(17-15-30)18-19-37-26-13-10-23(20-27(26)36-2)32-21-28(34)33(29(32)35)22-8-11-25(12-9-22)38-24-6-4-3-5-7-24/h3-13,20H,14-19,21H2,1-2H3. The maximum absolute atomic E-state index is 13.3. The molecule has 2 saturated heterocycles. The van der Waals surface area contributed by atoms with Crippen molar-refractivity contribution in [3.05, 3.63) is 72.8 Å². The molecule has 9 nitrogen and oxygen atoms in total. The Morgan fingerprint density at radius 1 is 0.789 bits per heavy atom. The van der Waals surface area contributed by atoms with Crippen LogP contribution in [-0.4, -0.2) is 81.8 Å². The van der Waals surface area contributed by atoms with Gasteiger partial charge in [-0.1, -0.05) is 18.2 Å². The Bertz CT molecular complexity index is 1260. The van der Waals surface area contributed by atoms with E-state index < -0.39 is 6.03 Å². The van der Waals surface area contributed by atoms with E-state index in [0.29, 0.717) is 41.0 Å². The van der Waals surface area contributed by atoms with Crippen molar-refractivity contribution in [3.8, 4) is 23.0 Å². The molecule has 3 aromatic carbocycles. The molecule has 198 valence electrons. The van der Waals surface area contributed by atoms with Crippen LogP contribution in [0.2, 0.25) is 0 Å². The Hall–Kier alpha value is -4.08. The van der Waals surface area contributed by atoms with E-state index in [0.717, 1.165) is 32.7 Å². The van der Waals surface area contributed by atoms with Gasteiger partial charge in [-0.05, 0) is 55.6 Å². The van der Waals surface area contributed by atoms with E-state index in [1.807, 2.05) is 30.3 Å². The van der Waals surface area contributed by atoms with Gasteiger partial charge in [0.05, 0.1) is 12.8 Å². The van der Waals surface area contributed by atoms with Crippen LogP contribution < -0.4 is 24.0 Å². The number of carbonyl (C=O) groups is 2. The molecule has 0 atom stereocenters. The molecule has 0 spiro atoms. The number of likely N-dealkylation sites (N-methyl/N-ethyl adjacent to an activating group) is 1. The smallest absolute Gasteiger partial charge is 0.336 e. The first-order valence-corrected chi connectivity index (χ1v) is 12.7. The summed E-state index contributed by atoms with van der Waals surface area (Å²) in [4.78, 5) is 33.4. The highest BCUT2D eigenvalue weighted by Gasteiger charge is 2.38. The molecule has 0 N–H and O–H groups in total. The lowest BCUT2D eigenvalue weighted by Gasteiger charge is -2.32. The van der Waals surface area contributed by atoms with Crippen molar-refractivity contribution in [2.75, 3.05) is 69.8 Å². The number of amides is 3. The number of para-hydroxylation sites is 1. The highest BCUT2D eigenvalue weighted by molar-refractivity contribution is 6.27. The summed E-state index contributed by atoms with van der Waals surface area (Å²) < 4.78 is 17.4. The maximum Gasteiger partial charge on any atom is 0.336 e. The Morgan fingerprint density at radius 2 is 1.47 bits per heavy atom. The molecule has 0 unspecified atom stereocenters. The van der Waals surface area contributed by atoms with Gasteiger partial charge in [-0.25, -0.2) is 9.69 Å². The predicted molar refractivity (Wildman–Crippen MR) is 146 cm³/mol. The second-order valence-corrected chi connectivity index (χ2v) is 9.34. The van der Waals surface area contributed by atoms with Crippen molar-refractivity contribution in [1.82, 2.24) is 9.80 Å². The SMILES string of the molecule is COc1cc(N2CC(=O)N(c3ccc(Oc4ccccc4)cc3)C2=O)ccc1OCCN1CCN(C)CC1. The van der Waals surface area contributed by atoms with Crippen LogP contribution in [0.1, 0.15) is 0 Å². The number of methoxy groups -OCH3 is 1. The molecule has 38 heavy (non-hydrogen) atoms. The molecule has 5 rings (SSSR count). The summed E-state index contributed by atoms with van der Waals surface area (Å²) in [5, 5.41) is 0. The lowest BCUT2D eigenvalue weighted by molar-refractivity contribution is -0.115. The van der Waals surface area contributed by atoms with E-state index in [2.05, 4.69) is 16.8 Å². The van der Waals surface area contributed by atoms with Crippen molar-refractivity contribution in [2.45, 2.75) is 0 Å². The molecule has 3 aromatic rings. The number of ether oxygens (including phenoxy) is 3. The van der Waals surface area contributed by atoms with Crippen LogP contribution in [-0.2, 0) is 4.79 Å². The van der Waals surface area contributed by atoms with Gasteiger partial charge >= 0.3 is 6.03 Å². The molecular formula is C29H32N4O5. The third-order valence-electron chi connectivity index (χ3n) is 6.76. The molecule has 2 heterocycles. The van der Waals surface area contributed by atoms with Crippen LogP contribution in [0.4, 0.5) is 16.2 Å². The van der Waals surface area contributed by atoms with E-state index >= 15 is 0 Å². The molecule has 0 saturated carbocycles. The molecule has 2 aliphatic heterocycles. The molecule has 3 amide bonds. The topological polar surface area (TPSA) is 74.8 Å². The van der Waals surface area contributed by atoms with Gasteiger partial charge in [0.15, 0.2) is 11.5 Å². The van der Waals surface area contributed by atoms with Crippen LogP contribution in [0, 0.1) is 0 Å².